The molecule has 0 aromatic rings. The van der Waals surface area contributed by atoms with Crippen LogP contribution in [0.2, 0.25) is 6.55 Å². The van der Waals surface area contributed by atoms with Gasteiger partial charge in [0.25, 0.3) is 0 Å². The van der Waals surface area contributed by atoms with Crippen molar-refractivity contribution in [3.63, 3.8) is 0 Å². The summed E-state index contributed by atoms with van der Waals surface area (Å²) in [6, 6.07) is -1.29. The first-order chi connectivity index (χ1) is 10.5. The summed E-state index contributed by atoms with van der Waals surface area (Å²) >= 11 is 0. The minimum atomic E-state index is -2.17. The SMILES string of the molecule is CCOC(N)=O.CO[Si](C)(OC)OC.NC(CC(=O)O)C(=O)O. The van der Waals surface area contributed by atoms with Gasteiger partial charge in [-0.25, -0.2) is 4.79 Å². The minimum Gasteiger partial charge on any atom is -0.481 e. The van der Waals surface area contributed by atoms with Gasteiger partial charge in [-0.15, -0.1) is 0 Å². The van der Waals surface area contributed by atoms with Crippen molar-refractivity contribution < 1.29 is 42.6 Å². The zero-order valence-corrected chi connectivity index (χ0v) is 14.9. The van der Waals surface area contributed by atoms with Crippen LogP contribution in [0.5, 0.6) is 0 Å². The molecule has 0 spiro atoms. The molecule has 1 atom stereocenters. The first kappa shape index (κ1) is 26.2. The number of carboxylic acid groups (broad SMARTS) is 2. The molecule has 0 heterocycles. The molecule has 0 saturated heterocycles. The number of rotatable bonds is 7. The standard InChI is InChI=1S/C4H7NO4.C4H12O3Si.C3H7NO2/c5-2(4(8)9)1-3(6)7;1-5-8(4,6-2)7-3;1-2-6-3(4)5/h2H,1,5H2,(H,6,7)(H,8,9);1-4H3;2H2,1H3,(H2,4,5). The Hall–Kier alpha value is -1.73. The molecule has 0 radical (unpaired) electrons. The number of ether oxygens (including phenoxy) is 1. The lowest BCUT2D eigenvalue weighted by Gasteiger charge is -2.18. The third-order valence-corrected chi connectivity index (χ3v) is 4.34. The van der Waals surface area contributed by atoms with Gasteiger partial charge in [-0.3, -0.25) is 9.59 Å². The van der Waals surface area contributed by atoms with E-state index in [2.05, 4.69) is 10.5 Å². The van der Waals surface area contributed by atoms with Crippen LogP contribution in [0.1, 0.15) is 13.3 Å². The summed E-state index contributed by atoms with van der Waals surface area (Å²) in [5, 5.41) is 16.0. The second-order valence-corrected chi connectivity index (χ2v) is 6.72. The van der Waals surface area contributed by atoms with Crippen molar-refractivity contribution in [2.75, 3.05) is 27.9 Å². The second-order valence-electron chi connectivity index (χ2n) is 3.77. The topological polar surface area (TPSA) is 181 Å². The van der Waals surface area contributed by atoms with E-state index in [0.717, 1.165) is 0 Å². The Morgan fingerprint density at radius 3 is 1.52 bits per heavy atom. The normalized spacial score (nSPS) is 11.0. The van der Waals surface area contributed by atoms with Crippen molar-refractivity contribution >= 4 is 26.8 Å². The number of carbonyl (C=O) groups excluding carboxylic acids is 1. The van der Waals surface area contributed by atoms with E-state index in [1.165, 1.54) is 0 Å². The van der Waals surface area contributed by atoms with Crippen LogP contribution >= 0.6 is 0 Å². The van der Waals surface area contributed by atoms with Crippen LogP contribution in [-0.2, 0) is 27.6 Å². The van der Waals surface area contributed by atoms with Gasteiger partial charge in [-0.2, -0.15) is 0 Å². The quantitative estimate of drug-likeness (QED) is 0.432. The average Bonchev–Trinajstić information content (AvgIpc) is 2.47. The van der Waals surface area contributed by atoms with Crippen LogP contribution in [0.15, 0.2) is 0 Å². The summed E-state index contributed by atoms with van der Waals surface area (Å²) in [5.41, 5.74) is 9.38. The van der Waals surface area contributed by atoms with E-state index < -0.39 is 39.3 Å². The summed E-state index contributed by atoms with van der Waals surface area (Å²) in [6.45, 7) is 3.88. The molecule has 0 fully saturated rings. The fourth-order valence-corrected chi connectivity index (χ4v) is 1.17. The lowest BCUT2D eigenvalue weighted by atomic mass is 10.2. The molecule has 0 saturated carbocycles. The third-order valence-electron chi connectivity index (χ3n) is 2.11. The Labute approximate surface area is 135 Å². The Kier molecular flexibility index (Phi) is 17.3. The monoisotopic (exact) mass is 358 g/mol. The fraction of sp³-hybridized carbons (Fsp3) is 0.727. The first-order valence-electron chi connectivity index (χ1n) is 6.27. The summed E-state index contributed by atoms with van der Waals surface area (Å²) in [4.78, 5) is 29.2. The Morgan fingerprint density at radius 2 is 1.48 bits per heavy atom. The first-order valence-corrected chi connectivity index (χ1v) is 8.49. The van der Waals surface area contributed by atoms with Gasteiger partial charge in [0.05, 0.1) is 13.0 Å². The van der Waals surface area contributed by atoms with Gasteiger partial charge in [-0.1, -0.05) is 0 Å². The number of carbonyl (C=O) groups is 3. The molecule has 0 aliphatic heterocycles. The highest BCUT2D eigenvalue weighted by Gasteiger charge is 2.29. The number of aliphatic carboxylic acids is 2. The highest BCUT2D eigenvalue weighted by atomic mass is 28.4. The highest BCUT2D eigenvalue weighted by molar-refractivity contribution is 6.58. The molecule has 1 unspecified atom stereocenters. The van der Waals surface area contributed by atoms with E-state index in [-0.39, 0.29) is 0 Å². The maximum absolute atomic E-state index is 9.85. The van der Waals surface area contributed by atoms with Crippen molar-refractivity contribution in [3.8, 4) is 0 Å². The molecule has 0 aromatic heterocycles. The van der Waals surface area contributed by atoms with E-state index in [4.69, 9.17) is 29.2 Å². The van der Waals surface area contributed by atoms with E-state index >= 15 is 0 Å². The van der Waals surface area contributed by atoms with Gasteiger partial charge in [0, 0.05) is 27.9 Å². The Balaban J connectivity index is -0.000000266. The van der Waals surface area contributed by atoms with Gasteiger partial charge in [-0.05, 0) is 6.92 Å². The maximum atomic E-state index is 9.85. The van der Waals surface area contributed by atoms with Crippen molar-refractivity contribution in [2.24, 2.45) is 11.5 Å². The third kappa shape index (κ3) is 20.3. The molecule has 11 nitrogen and oxygen atoms in total. The maximum Gasteiger partial charge on any atom is 0.496 e. The number of amides is 1. The Bertz CT molecular complexity index is 342. The summed E-state index contributed by atoms with van der Waals surface area (Å²) in [6.07, 6.45) is -1.24. The number of nitrogens with two attached hydrogens (primary N) is 2. The van der Waals surface area contributed by atoms with Gasteiger partial charge >= 0.3 is 26.8 Å². The predicted molar refractivity (Wildman–Crippen MR) is 81.7 cm³/mol. The van der Waals surface area contributed by atoms with Crippen LogP contribution < -0.4 is 11.5 Å². The van der Waals surface area contributed by atoms with E-state index in [1.54, 1.807) is 28.3 Å². The van der Waals surface area contributed by atoms with Gasteiger partial charge in [0.1, 0.15) is 6.04 Å². The number of primary amides is 1. The molecule has 0 bridgehead atoms. The number of hydrogen-bond donors (Lipinski definition) is 4. The zero-order chi connectivity index (χ0) is 19.1. The van der Waals surface area contributed by atoms with Crippen molar-refractivity contribution in [1.29, 1.82) is 0 Å². The molecule has 0 aliphatic carbocycles. The van der Waals surface area contributed by atoms with Crippen LogP contribution in [0.25, 0.3) is 0 Å². The predicted octanol–water partition coefficient (Wildman–Crippen LogP) is -0.531. The van der Waals surface area contributed by atoms with E-state index in [1.807, 2.05) is 6.55 Å². The molecular formula is C11H26N2O9Si. The van der Waals surface area contributed by atoms with E-state index in [0.29, 0.717) is 6.61 Å². The molecule has 23 heavy (non-hydrogen) atoms. The second kappa shape index (κ2) is 15.2. The largest absolute Gasteiger partial charge is 0.496 e. The average molecular weight is 358 g/mol. The van der Waals surface area contributed by atoms with Crippen LogP contribution in [-0.4, -0.2) is 71.0 Å². The minimum absolute atomic E-state index is 0.356. The zero-order valence-electron chi connectivity index (χ0n) is 13.9. The molecular weight excluding hydrogens is 332 g/mol. The van der Waals surface area contributed by atoms with Crippen LogP contribution in [0, 0.1) is 0 Å². The summed E-state index contributed by atoms with van der Waals surface area (Å²) in [5.74, 6) is -2.50. The number of hydrogen-bond acceptors (Lipinski definition) is 8. The smallest absolute Gasteiger partial charge is 0.481 e. The van der Waals surface area contributed by atoms with Crippen molar-refractivity contribution in [2.45, 2.75) is 25.9 Å². The molecule has 12 heteroatoms. The number of carboxylic acids is 2. The molecule has 0 aromatic carbocycles. The molecule has 0 rings (SSSR count). The molecule has 138 valence electrons. The lowest BCUT2D eigenvalue weighted by molar-refractivity contribution is -0.144. The van der Waals surface area contributed by atoms with Crippen molar-refractivity contribution in [3.05, 3.63) is 0 Å². The molecule has 6 N–H and O–H groups in total. The fourth-order valence-electron chi connectivity index (χ4n) is 0.668. The summed E-state index contributed by atoms with van der Waals surface area (Å²) in [7, 11) is 2.58. The van der Waals surface area contributed by atoms with Crippen LogP contribution in [0.4, 0.5) is 4.79 Å². The highest BCUT2D eigenvalue weighted by Crippen LogP contribution is 2.02. The molecule has 0 aliphatic rings. The van der Waals surface area contributed by atoms with Crippen molar-refractivity contribution in [1.82, 2.24) is 0 Å². The Morgan fingerprint density at radius 1 is 1.09 bits per heavy atom. The molecule has 1 amide bonds. The van der Waals surface area contributed by atoms with Gasteiger partial charge < -0.3 is 39.7 Å². The van der Waals surface area contributed by atoms with Gasteiger partial charge in [0.2, 0.25) is 0 Å². The van der Waals surface area contributed by atoms with Gasteiger partial charge in [0.15, 0.2) is 0 Å². The van der Waals surface area contributed by atoms with Crippen LogP contribution in [0.3, 0.4) is 0 Å². The lowest BCUT2D eigenvalue weighted by Crippen LogP contribution is -2.38. The van der Waals surface area contributed by atoms with E-state index in [9.17, 15) is 14.4 Å². The summed E-state index contributed by atoms with van der Waals surface area (Å²) < 4.78 is 19.0.